The van der Waals surface area contributed by atoms with E-state index in [-0.39, 0.29) is 39.7 Å². The first-order valence-corrected chi connectivity index (χ1v) is 10.0. The average molecular weight is 452 g/mol. The van der Waals surface area contributed by atoms with Crippen LogP contribution in [0.5, 0.6) is 0 Å². The molecule has 0 aliphatic rings. The van der Waals surface area contributed by atoms with E-state index in [0.717, 1.165) is 0 Å². The number of furan rings is 1. The van der Waals surface area contributed by atoms with Crippen LogP contribution in [0.25, 0.3) is 11.3 Å². The van der Waals surface area contributed by atoms with E-state index in [0.29, 0.717) is 11.4 Å². The van der Waals surface area contributed by atoms with Crippen LogP contribution in [0.4, 0.5) is 17.1 Å². The summed E-state index contributed by atoms with van der Waals surface area (Å²) in [6.45, 7) is 3.58. The topological polar surface area (TPSA) is 127 Å². The minimum atomic E-state index is -0.614. The zero-order chi connectivity index (χ0) is 23.3. The molecule has 3 aromatic rings. The number of hydrogen-bond acceptors (Lipinski definition) is 6. The molecule has 3 rings (SSSR count). The average Bonchev–Trinajstić information content (AvgIpc) is 3.24. The van der Waals surface area contributed by atoms with Crippen molar-refractivity contribution in [2.24, 2.45) is 5.92 Å². The third-order valence-electron chi connectivity index (χ3n) is 4.34. The number of carbonyl (C=O) groups excluding carboxylic acids is 2. The van der Waals surface area contributed by atoms with Crippen LogP contribution in [0.3, 0.4) is 0 Å². The van der Waals surface area contributed by atoms with Crippen LogP contribution in [0.2, 0.25) is 0 Å². The molecule has 10 heteroatoms. The van der Waals surface area contributed by atoms with Crippen LogP contribution in [-0.2, 0) is 4.79 Å². The first-order valence-electron chi connectivity index (χ1n) is 9.61. The Labute approximate surface area is 189 Å². The molecule has 32 heavy (non-hydrogen) atoms. The van der Waals surface area contributed by atoms with Gasteiger partial charge in [-0.05, 0) is 48.6 Å². The van der Waals surface area contributed by atoms with Gasteiger partial charge in [0.15, 0.2) is 10.9 Å². The lowest BCUT2D eigenvalue weighted by Gasteiger charge is -2.11. The van der Waals surface area contributed by atoms with Gasteiger partial charge >= 0.3 is 0 Å². The molecule has 2 amide bonds. The highest BCUT2D eigenvalue weighted by Crippen LogP contribution is 2.30. The molecule has 0 saturated heterocycles. The van der Waals surface area contributed by atoms with Gasteiger partial charge in [0.25, 0.3) is 11.6 Å². The second-order valence-corrected chi connectivity index (χ2v) is 7.48. The Kier molecular flexibility index (Phi) is 6.96. The van der Waals surface area contributed by atoms with Crippen molar-refractivity contribution in [3.8, 4) is 11.3 Å². The Morgan fingerprint density at radius 1 is 1.00 bits per heavy atom. The van der Waals surface area contributed by atoms with Crippen molar-refractivity contribution in [3.63, 3.8) is 0 Å². The van der Waals surface area contributed by atoms with Gasteiger partial charge in [0, 0.05) is 23.4 Å². The minimum Gasteiger partial charge on any atom is -0.451 e. The molecule has 2 aromatic carbocycles. The van der Waals surface area contributed by atoms with Gasteiger partial charge in [-0.3, -0.25) is 25.0 Å². The van der Waals surface area contributed by atoms with Crippen LogP contribution >= 0.6 is 12.2 Å². The number of para-hydroxylation sites is 1. The van der Waals surface area contributed by atoms with Crippen LogP contribution in [-0.4, -0.2) is 21.9 Å². The van der Waals surface area contributed by atoms with Gasteiger partial charge in [0.2, 0.25) is 5.91 Å². The minimum absolute atomic E-state index is 0.0194. The fourth-order valence-electron chi connectivity index (χ4n) is 2.73. The molecule has 1 aromatic heterocycles. The Hall–Kier alpha value is -4.05. The predicted octanol–water partition coefficient (Wildman–Crippen LogP) is 4.58. The monoisotopic (exact) mass is 452 g/mol. The molecule has 0 radical (unpaired) electrons. The largest absolute Gasteiger partial charge is 0.451 e. The van der Waals surface area contributed by atoms with E-state index in [1.807, 2.05) is 0 Å². The summed E-state index contributed by atoms with van der Waals surface area (Å²) in [5.74, 6) is -0.764. The van der Waals surface area contributed by atoms with Gasteiger partial charge in [-0.1, -0.05) is 32.0 Å². The number of nitro benzene ring substituents is 1. The fourth-order valence-corrected chi connectivity index (χ4v) is 2.94. The highest BCUT2D eigenvalue weighted by Gasteiger charge is 2.19. The number of hydrogen-bond donors (Lipinski definition) is 3. The number of amides is 2. The maximum atomic E-state index is 12.5. The zero-order valence-electron chi connectivity index (χ0n) is 17.2. The van der Waals surface area contributed by atoms with E-state index in [2.05, 4.69) is 16.0 Å². The Morgan fingerprint density at radius 3 is 2.38 bits per heavy atom. The maximum absolute atomic E-state index is 12.5. The fraction of sp³-hybridized carbons (Fsp3) is 0.136. The van der Waals surface area contributed by atoms with Gasteiger partial charge in [-0.2, -0.15) is 0 Å². The molecular weight excluding hydrogens is 432 g/mol. The van der Waals surface area contributed by atoms with Crippen molar-refractivity contribution in [2.75, 3.05) is 10.6 Å². The van der Waals surface area contributed by atoms with Crippen LogP contribution in [0.1, 0.15) is 24.4 Å². The van der Waals surface area contributed by atoms with E-state index in [9.17, 15) is 19.7 Å². The summed E-state index contributed by atoms with van der Waals surface area (Å²) in [6, 6.07) is 15.8. The molecule has 0 unspecified atom stereocenters. The summed E-state index contributed by atoms with van der Waals surface area (Å²) in [5, 5.41) is 19.4. The molecule has 0 bridgehead atoms. The van der Waals surface area contributed by atoms with Gasteiger partial charge in [0.1, 0.15) is 5.76 Å². The maximum Gasteiger partial charge on any atom is 0.293 e. The van der Waals surface area contributed by atoms with Crippen LogP contribution in [0.15, 0.2) is 65.1 Å². The first kappa shape index (κ1) is 22.6. The molecule has 0 atom stereocenters. The summed E-state index contributed by atoms with van der Waals surface area (Å²) >= 11 is 5.18. The molecule has 0 aliphatic heterocycles. The Balaban J connectivity index is 1.66. The predicted molar refractivity (Wildman–Crippen MR) is 124 cm³/mol. The molecule has 0 fully saturated rings. The van der Waals surface area contributed by atoms with Gasteiger partial charge in [0.05, 0.1) is 10.5 Å². The lowest BCUT2D eigenvalue weighted by molar-refractivity contribution is -0.384. The normalized spacial score (nSPS) is 10.5. The number of nitrogens with zero attached hydrogens (tertiary/aromatic N) is 1. The molecule has 0 saturated carbocycles. The Morgan fingerprint density at radius 2 is 1.69 bits per heavy atom. The quantitative estimate of drug-likeness (QED) is 0.284. The van der Waals surface area contributed by atoms with Crippen molar-refractivity contribution in [2.45, 2.75) is 13.8 Å². The van der Waals surface area contributed by atoms with Crippen molar-refractivity contribution in [1.29, 1.82) is 0 Å². The van der Waals surface area contributed by atoms with E-state index in [4.69, 9.17) is 16.6 Å². The van der Waals surface area contributed by atoms with E-state index in [1.54, 1.807) is 50.2 Å². The van der Waals surface area contributed by atoms with Crippen molar-refractivity contribution in [1.82, 2.24) is 5.32 Å². The molecule has 1 heterocycles. The molecule has 164 valence electrons. The number of nitrogens with one attached hydrogen (secondary N) is 3. The summed E-state index contributed by atoms with van der Waals surface area (Å²) in [5.41, 5.74) is 1.29. The van der Waals surface area contributed by atoms with E-state index < -0.39 is 10.8 Å². The lowest BCUT2D eigenvalue weighted by atomic mass is 10.1. The van der Waals surface area contributed by atoms with Gasteiger partial charge < -0.3 is 15.1 Å². The van der Waals surface area contributed by atoms with E-state index >= 15 is 0 Å². The second kappa shape index (κ2) is 9.84. The number of nitro groups is 1. The summed E-state index contributed by atoms with van der Waals surface area (Å²) in [4.78, 5) is 35.0. The van der Waals surface area contributed by atoms with Crippen LogP contribution in [0, 0.1) is 16.0 Å². The molecule has 3 N–H and O–H groups in total. The number of anilines is 2. The SMILES string of the molecule is CC(C)C(=O)Nc1cccc(NC(=S)NC(=O)c2ccc(-c3ccccc3[N+](=O)[O-])o2)c1. The molecular formula is C22H20N4O5S. The number of thiocarbonyl (C=S) groups is 1. The zero-order valence-corrected chi connectivity index (χ0v) is 18.1. The molecule has 0 spiro atoms. The van der Waals surface area contributed by atoms with Gasteiger partial charge in [-0.15, -0.1) is 0 Å². The number of benzene rings is 2. The van der Waals surface area contributed by atoms with Crippen molar-refractivity contribution in [3.05, 3.63) is 76.5 Å². The van der Waals surface area contributed by atoms with Crippen molar-refractivity contribution < 1.29 is 18.9 Å². The van der Waals surface area contributed by atoms with Crippen LogP contribution < -0.4 is 16.0 Å². The highest BCUT2D eigenvalue weighted by molar-refractivity contribution is 7.80. The molecule has 9 nitrogen and oxygen atoms in total. The third-order valence-corrected chi connectivity index (χ3v) is 4.54. The smallest absolute Gasteiger partial charge is 0.293 e. The lowest BCUT2D eigenvalue weighted by Crippen LogP contribution is -2.33. The summed E-state index contributed by atoms with van der Waals surface area (Å²) in [6.07, 6.45) is 0. The van der Waals surface area contributed by atoms with Crippen molar-refractivity contribution >= 4 is 46.2 Å². The Bertz CT molecular complexity index is 1190. The number of rotatable bonds is 6. The summed E-state index contributed by atoms with van der Waals surface area (Å²) < 4.78 is 5.51. The highest BCUT2D eigenvalue weighted by atomic mass is 32.1. The first-order chi connectivity index (χ1) is 15.2. The van der Waals surface area contributed by atoms with Gasteiger partial charge in [-0.25, -0.2) is 0 Å². The second-order valence-electron chi connectivity index (χ2n) is 7.07. The standard InChI is InChI=1S/C22H20N4O5S/c1-13(2)20(27)23-14-6-5-7-15(12-14)24-22(32)25-21(28)19-11-10-18(31-19)16-8-3-4-9-17(16)26(29)30/h3-13H,1-2H3,(H,23,27)(H2,24,25,28,32). The summed E-state index contributed by atoms with van der Waals surface area (Å²) in [7, 11) is 0. The van der Waals surface area contributed by atoms with E-state index in [1.165, 1.54) is 24.3 Å². The third kappa shape index (κ3) is 5.55. The number of carbonyl (C=O) groups is 2. The molecule has 0 aliphatic carbocycles.